The summed E-state index contributed by atoms with van der Waals surface area (Å²) in [5, 5.41) is 0. The predicted octanol–water partition coefficient (Wildman–Crippen LogP) is 2.76. The van der Waals surface area contributed by atoms with Crippen LogP contribution in [0, 0.1) is 12.7 Å². The molecular weight excluding hydrogens is 211 g/mol. The van der Waals surface area contributed by atoms with Crippen LogP contribution >= 0.6 is 11.3 Å². The summed E-state index contributed by atoms with van der Waals surface area (Å²) < 4.78 is 13.3. The van der Waals surface area contributed by atoms with E-state index in [-0.39, 0.29) is 5.82 Å². The van der Waals surface area contributed by atoms with Crippen molar-refractivity contribution in [3.8, 4) is 0 Å². The van der Waals surface area contributed by atoms with E-state index in [2.05, 4.69) is 4.98 Å². The summed E-state index contributed by atoms with van der Waals surface area (Å²) in [5.41, 5.74) is 6.98. The highest BCUT2D eigenvalue weighted by molar-refractivity contribution is 7.11. The summed E-state index contributed by atoms with van der Waals surface area (Å²) in [5.74, 6) is -0.142. The molecule has 0 aliphatic heterocycles. The van der Waals surface area contributed by atoms with Crippen LogP contribution in [-0.4, -0.2) is 4.98 Å². The third kappa shape index (κ3) is 2.33. The highest BCUT2D eigenvalue weighted by Crippen LogP contribution is 2.22. The minimum atomic E-state index is -0.142. The summed E-state index contributed by atoms with van der Waals surface area (Å²) in [4.78, 5) is 5.85. The summed E-state index contributed by atoms with van der Waals surface area (Å²) in [6.45, 7) is 1.90. The average molecular weight is 222 g/mol. The molecule has 2 nitrogen and oxygen atoms in total. The van der Waals surface area contributed by atoms with Gasteiger partial charge in [0, 0.05) is 21.9 Å². The van der Waals surface area contributed by atoms with Crippen molar-refractivity contribution in [2.75, 3.05) is 5.73 Å². The number of rotatable bonds is 2. The van der Waals surface area contributed by atoms with Crippen LogP contribution in [-0.2, 0) is 6.42 Å². The fraction of sp³-hybridized carbons (Fsp3) is 0.182. The fourth-order valence-electron chi connectivity index (χ4n) is 1.36. The van der Waals surface area contributed by atoms with Crippen molar-refractivity contribution in [3.63, 3.8) is 0 Å². The Morgan fingerprint density at radius 3 is 2.80 bits per heavy atom. The predicted molar refractivity (Wildman–Crippen MR) is 60.5 cm³/mol. The van der Waals surface area contributed by atoms with Crippen molar-refractivity contribution < 1.29 is 4.39 Å². The number of hydrogen-bond donors (Lipinski definition) is 1. The molecular formula is C11H11FN2S. The molecule has 0 bridgehead atoms. The summed E-state index contributed by atoms with van der Waals surface area (Å²) in [6.07, 6.45) is 2.12. The molecule has 4 heteroatoms. The number of nitrogens with zero attached hydrogens (tertiary/aromatic N) is 1. The Morgan fingerprint density at radius 1 is 1.47 bits per heavy atom. The van der Waals surface area contributed by atoms with Crippen LogP contribution in [0.3, 0.4) is 0 Å². The zero-order valence-corrected chi connectivity index (χ0v) is 9.14. The van der Waals surface area contributed by atoms with Crippen LogP contribution in [0.2, 0.25) is 0 Å². The molecule has 78 valence electrons. The van der Waals surface area contributed by atoms with Crippen LogP contribution in [0.1, 0.15) is 15.4 Å². The molecule has 2 aromatic heterocycles. The SMILES string of the molecule is Cc1cc(F)c(Cc2ccc(N)cn2)s1. The second-order valence-corrected chi connectivity index (χ2v) is 4.73. The van der Waals surface area contributed by atoms with Gasteiger partial charge >= 0.3 is 0 Å². The summed E-state index contributed by atoms with van der Waals surface area (Å²) >= 11 is 1.47. The van der Waals surface area contributed by atoms with E-state index in [4.69, 9.17) is 5.73 Å². The molecule has 2 heterocycles. The van der Waals surface area contributed by atoms with Crippen LogP contribution in [0.4, 0.5) is 10.1 Å². The number of anilines is 1. The third-order valence-electron chi connectivity index (χ3n) is 2.07. The van der Waals surface area contributed by atoms with Crippen molar-refractivity contribution in [2.24, 2.45) is 0 Å². The fourth-order valence-corrected chi connectivity index (χ4v) is 2.28. The quantitative estimate of drug-likeness (QED) is 0.848. The first-order valence-electron chi connectivity index (χ1n) is 4.60. The molecule has 0 aliphatic rings. The van der Waals surface area contributed by atoms with Gasteiger partial charge in [-0.15, -0.1) is 11.3 Å². The van der Waals surface area contributed by atoms with E-state index in [0.717, 1.165) is 15.4 Å². The third-order valence-corrected chi connectivity index (χ3v) is 3.10. The van der Waals surface area contributed by atoms with Gasteiger partial charge < -0.3 is 5.73 Å². The standard InChI is InChI=1S/C11H11FN2S/c1-7-4-10(12)11(15-7)5-9-3-2-8(13)6-14-9/h2-4,6H,5,13H2,1H3. The average Bonchev–Trinajstić information content (AvgIpc) is 2.49. The first kappa shape index (κ1) is 10.1. The first-order chi connectivity index (χ1) is 7.15. The maximum atomic E-state index is 13.3. The molecule has 0 unspecified atom stereocenters. The van der Waals surface area contributed by atoms with Gasteiger partial charge in [-0.25, -0.2) is 4.39 Å². The van der Waals surface area contributed by atoms with Crippen molar-refractivity contribution in [1.29, 1.82) is 0 Å². The Kier molecular flexibility index (Phi) is 2.68. The minimum Gasteiger partial charge on any atom is -0.397 e. The molecule has 15 heavy (non-hydrogen) atoms. The molecule has 0 saturated carbocycles. The van der Waals surface area contributed by atoms with Gasteiger partial charge in [0.1, 0.15) is 5.82 Å². The van der Waals surface area contributed by atoms with Gasteiger partial charge in [0.05, 0.1) is 11.9 Å². The highest BCUT2D eigenvalue weighted by atomic mass is 32.1. The van der Waals surface area contributed by atoms with Crippen LogP contribution in [0.25, 0.3) is 0 Å². The molecule has 0 atom stereocenters. The Labute approximate surface area is 91.6 Å². The Hall–Kier alpha value is -1.42. The molecule has 0 amide bonds. The van der Waals surface area contributed by atoms with Crippen LogP contribution in [0.5, 0.6) is 0 Å². The molecule has 2 aromatic rings. The number of pyridine rings is 1. The van der Waals surface area contributed by atoms with Gasteiger partial charge in [-0.05, 0) is 25.1 Å². The zero-order chi connectivity index (χ0) is 10.8. The zero-order valence-electron chi connectivity index (χ0n) is 8.33. The molecule has 2 N–H and O–H groups in total. The largest absolute Gasteiger partial charge is 0.397 e. The van der Waals surface area contributed by atoms with Crippen LogP contribution < -0.4 is 5.73 Å². The van der Waals surface area contributed by atoms with Gasteiger partial charge in [-0.3, -0.25) is 4.98 Å². The van der Waals surface area contributed by atoms with Gasteiger partial charge in [0.25, 0.3) is 0 Å². The topological polar surface area (TPSA) is 38.9 Å². The molecule has 0 fully saturated rings. The van der Waals surface area contributed by atoms with E-state index in [9.17, 15) is 4.39 Å². The number of halogens is 1. The van der Waals surface area contributed by atoms with Crippen LogP contribution in [0.15, 0.2) is 24.4 Å². The Morgan fingerprint density at radius 2 is 2.27 bits per heavy atom. The minimum absolute atomic E-state index is 0.142. The van der Waals surface area contributed by atoms with E-state index in [1.807, 2.05) is 13.0 Å². The lowest BCUT2D eigenvalue weighted by Crippen LogP contribution is -1.93. The molecule has 0 radical (unpaired) electrons. The summed E-state index contributed by atoms with van der Waals surface area (Å²) in [6, 6.07) is 5.15. The van der Waals surface area contributed by atoms with Crippen molar-refractivity contribution in [2.45, 2.75) is 13.3 Å². The molecule has 0 aromatic carbocycles. The molecule has 0 saturated heterocycles. The van der Waals surface area contributed by atoms with Crippen molar-refractivity contribution in [3.05, 3.63) is 45.7 Å². The molecule has 2 rings (SSSR count). The highest BCUT2D eigenvalue weighted by Gasteiger charge is 2.07. The number of thiophene rings is 1. The smallest absolute Gasteiger partial charge is 0.137 e. The maximum Gasteiger partial charge on any atom is 0.137 e. The molecule has 0 spiro atoms. The Bertz CT molecular complexity index is 462. The normalized spacial score (nSPS) is 10.5. The van der Waals surface area contributed by atoms with Gasteiger partial charge in [-0.2, -0.15) is 0 Å². The van der Waals surface area contributed by atoms with E-state index >= 15 is 0 Å². The lowest BCUT2D eigenvalue weighted by atomic mass is 10.2. The summed E-state index contributed by atoms with van der Waals surface area (Å²) in [7, 11) is 0. The molecule has 0 aliphatic carbocycles. The van der Waals surface area contributed by atoms with E-state index in [0.29, 0.717) is 12.1 Å². The lowest BCUT2D eigenvalue weighted by molar-refractivity contribution is 0.620. The number of nitrogens with two attached hydrogens (primary N) is 1. The number of nitrogen functional groups attached to an aromatic ring is 1. The van der Waals surface area contributed by atoms with Gasteiger partial charge in [-0.1, -0.05) is 0 Å². The van der Waals surface area contributed by atoms with Crippen molar-refractivity contribution in [1.82, 2.24) is 4.98 Å². The van der Waals surface area contributed by atoms with E-state index in [1.54, 1.807) is 18.3 Å². The van der Waals surface area contributed by atoms with Gasteiger partial charge in [0.2, 0.25) is 0 Å². The van der Waals surface area contributed by atoms with E-state index < -0.39 is 0 Å². The maximum absolute atomic E-state index is 13.3. The lowest BCUT2D eigenvalue weighted by Gasteiger charge is -1.98. The number of hydrogen-bond acceptors (Lipinski definition) is 3. The Balaban J connectivity index is 2.21. The number of aryl methyl sites for hydroxylation is 1. The first-order valence-corrected chi connectivity index (χ1v) is 5.42. The second kappa shape index (κ2) is 3.98. The van der Waals surface area contributed by atoms with Crippen molar-refractivity contribution >= 4 is 17.0 Å². The second-order valence-electron chi connectivity index (χ2n) is 3.39. The van der Waals surface area contributed by atoms with Gasteiger partial charge in [0.15, 0.2) is 0 Å². The van der Waals surface area contributed by atoms with E-state index in [1.165, 1.54) is 11.3 Å². The monoisotopic (exact) mass is 222 g/mol. The number of aromatic nitrogens is 1.